The lowest BCUT2D eigenvalue weighted by Gasteiger charge is -2.07. The van der Waals surface area contributed by atoms with Crippen LogP contribution in [0.5, 0.6) is 0 Å². The highest BCUT2D eigenvalue weighted by molar-refractivity contribution is 6.31. The average molecular weight is 652 g/mol. The minimum Gasteiger partial charge on any atom is -0.283 e. The Labute approximate surface area is 276 Å². The smallest absolute Gasteiger partial charge is 0.283 e. The normalized spacial score (nSPS) is 11.3. The van der Waals surface area contributed by atoms with Gasteiger partial charge >= 0.3 is 0 Å². The fourth-order valence-electron chi connectivity index (χ4n) is 4.86. The van der Waals surface area contributed by atoms with E-state index >= 15 is 0 Å². The van der Waals surface area contributed by atoms with Crippen molar-refractivity contribution in [3.8, 4) is 11.4 Å². The largest absolute Gasteiger partial charge is 0.297 e. The summed E-state index contributed by atoms with van der Waals surface area (Å²) in [4.78, 5) is 34.2. The zero-order valence-electron chi connectivity index (χ0n) is 25.8. The summed E-state index contributed by atoms with van der Waals surface area (Å²) in [6.07, 6.45) is 3.32. The summed E-state index contributed by atoms with van der Waals surface area (Å²) in [5, 5.41) is 1.28. The van der Waals surface area contributed by atoms with E-state index in [0.717, 1.165) is 33.9 Å². The molecule has 10 heteroatoms. The maximum atomic E-state index is 12.7. The third-order valence-electron chi connectivity index (χ3n) is 7.43. The molecular formula is C36H32Cl2N6O2. The zero-order chi connectivity index (χ0) is 32.8. The molecule has 0 unspecified atom stereocenters. The van der Waals surface area contributed by atoms with Crippen LogP contribution in [0.15, 0.2) is 129 Å². The lowest BCUT2D eigenvalue weighted by molar-refractivity contribution is 0.630. The second-order valence-electron chi connectivity index (χ2n) is 10.4. The summed E-state index contributed by atoms with van der Waals surface area (Å²) in [7, 11) is 3.70. The van der Waals surface area contributed by atoms with E-state index < -0.39 is 0 Å². The van der Waals surface area contributed by atoms with Gasteiger partial charge in [0, 0.05) is 36.6 Å². The van der Waals surface area contributed by atoms with Crippen LogP contribution in [-0.2, 0) is 14.1 Å². The third-order valence-corrected chi connectivity index (χ3v) is 7.90. The van der Waals surface area contributed by atoms with Gasteiger partial charge in [0.1, 0.15) is 0 Å². The number of nitrogens with zero attached hydrogens (tertiary/aromatic N) is 6. The second-order valence-corrected chi connectivity index (χ2v) is 11.3. The van der Waals surface area contributed by atoms with Gasteiger partial charge in [-0.1, -0.05) is 83.9 Å². The first-order chi connectivity index (χ1) is 22.2. The van der Waals surface area contributed by atoms with E-state index in [-0.39, 0.29) is 11.1 Å². The van der Waals surface area contributed by atoms with Gasteiger partial charge < -0.3 is 0 Å². The molecule has 0 saturated heterocycles. The predicted octanol–water partition coefficient (Wildman–Crippen LogP) is 7.78. The highest BCUT2D eigenvalue weighted by atomic mass is 35.5. The van der Waals surface area contributed by atoms with Gasteiger partial charge in [-0.15, -0.1) is 0 Å². The van der Waals surface area contributed by atoms with Crippen LogP contribution in [-0.4, -0.2) is 31.2 Å². The summed E-state index contributed by atoms with van der Waals surface area (Å²) in [6, 6.07) is 33.7. The van der Waals surface area contributed by atoms with Crippen molar-refractivity contribution in [1.29, 1.82) is 0 Å². The molecule has 0 saturated carbocycles. The van der Waals surface area contributed by atoms with Gasteiger partial charge in [0.25, 0.3) is 11.1 Å². The monoisotopic (exact) mass is 650 g/mol. The molecule has 6 aromatic rings. The molecular weight excluding hydrogens is 619 g/mol. The number of benzene rings is 4. The quantitative estimate of drug-likeness (QED) is 0.173. The zero-order valence-corrected chi connectivity index (χ0v) is 27.3. The van der Waals surface area contributed by atoms with E-state index in [2.05, 4.69) is 9.98 Å². The van der Waals surface area contributed by atoms with Crippen molar-refractivity contribution in [2.75, 3.05) is 0 Å². The fourth-order valence-corrected chi connectivity index (χ4v) is 5.26. The molecule has 4 aromatic carbocycles. The molecule has 0 amide bonds. The van der Waals surface area contributed by atoms with E-state index in [0.29, 0.717) is 21.4 Å². The molecule has 0 bridgehead atoms. The summed E-state index contributed by atoms with van der Waals surface area (Å²) >= 11 is 11.9. The van der Waals surface area contributed by atoms with Crippen LogP contribution in [0.1, 0.15) is 22.5 Å². The summed E-state index contributed by atoms with van der Waals surface area (Å²) in [5.74, 6) is 0. The van der Waals surface area contributed by atoms with Gasteiger partial charge in [0.2, 0.25) is 0 Å². The van der Waals surface area contributed by atoms with E-state index in [1.54, 1.807) is 46.1 Å². The van der Waals surface area contributed by atoms with E-state index in [9.17, 15) is 9.59 Å². The average Bonchev–Trinajstić information content (AvgIpc) is 3.40. The van der Waals surface area contributed by atoms with Gasteiger partial charge in [0.05, 0.1) is 22.8 Å². The van der Waals surface area contributed by atoms with Gasteiger partial charge in [-0.2, -0.15) is 0 Å². The van der Waals surface area contributed by atoms with Crippen molar-refractivity contribution >= 4 is 47.0 Å². The van der Waals surface area contributed by atoms with E-state index in [1.807, 2.05) is 122 Å². The highest BCUT2D eigenvalue weighted by Gasteiger charge is 2.16. The molecule has 46 heavy (non-hydrogen) atoms. The Hall–Kier alpha value is -5.18. The number of para-hydroxylation sites is 2. The molecule has 0 aliphatic rings. The molecule has 0 radical (unpaired) electrons. The van der Waals surface area contributed by atoms with Gasteiger partial charge in [-0.25, -0.2) is 19.3 Å². The molecule has 0 N–H and O–H groups in total. The van der Waals surface area contributed by atoms with Crippen molar-refractivity contribution in [2.24, 2.45) is 24.1 Å². The van der Waals surface area contributed by atoms with Crippen LogP contribution in [0.25, 0.3) is 11.4 Å². The van der Waals surface area contributed by atoms with Crippen LogP contribution < -0.4 is 11.1 Å². The first-order valence-corrected chi connectivity index (χ1v) is 15.2. The maximum Gasteiger partial charge on any atom is 0.297 e. The lowest BCUT2D eigenvalue weighted by Crippen LogP contribution is -2.19. The number of aromatic nitrogens is 4. The minimum atomic E-state index is -0.144. The number of hydrogen-bond donors (Lipinski definition) is 0. The van der Waals surface area contributed by atoms with Crippen LogP contribution in [0.4, 0.5) is 11.4 Å². The van der Waals surface area contributed by atoms with Crippen LogP contribution in [0.2, 0.25) is 10.0 Å². The summed E-state index contributed by atoms with van der Waals surface area (Å²) < 4.78 is 6.84. The van der Waals surface area contributed by atoms with Gasteiger partial charge in [-0.05, 0) is 73.5 Å². The summed E-state index contributed by atoms with van der Waals surface area (Å²) in [5.41, 5.74) is 5.50. The Morgan fingerprint density at radius 2 is 0.913 bits per heavy atom. The Balaban J connectivity index is 0.000000181. The number of rotatable bonds is 6. The fraction of sp³-hybridized carbons (Fsp3) is 0.111. The van der Waals surface area contributed by atoms with Crippen LogP contribution in [0, 0.1) is 13.8 Å². The molecule has 0 spiro atoms. The standard InChI is InChI=1S/2C18H16ClN3O/c2*1-13-17(20-12-14-7-6-8-15(19)11-14)18(23)22(21(13)2)16-9-4-3-5-10-16/h2*3-12H,1-2H3. The van der Waals surface area contributed by atoms with Crippen molar-refractivity contribution in [3.63, 3.8) is 0 Å². The first-order valence-electron chi connectivity index (χ1n) is 14.4. The molecule has 6 rings (SSSR count). The minimum absolute atomic E-state index is 0.144. The third kappa shape index (κ3) is 7.04. The van der Waals surface area contributed by atoms with Gasteiger partial charge in [-0.3, -0.25) is 19.0 Å². The van der Waals surface area contributed by atoms with Crippen LogP contribution >= 0.6 is 23.2 Å². The Bertz CT molecular complexity index is 2000. The molecule has 232 valence electrons. The summed E-state index contributed by atoms with van der Waals surface area (Å²) in [6.45, 7) is 3.76. The van der Waals surface area contributed by atoms with E-state index in [1.165, 1.54) is 0 Å². The maximum absolute atomic E-state index is 12.7. The van der Waals surface area contributed by atoms with Crippen molar-refractivity contribution in [3.05, 3.63) is 162 Å². The Morgan fingerprint density at radius 3 is 1.26 bits per heavy atom. The number of halogens is 2. The molecule has 0 atom stereocenters. The molecule has 0 fully saturated rings. The second kappa shape index (κ2) is 14.3. The number of aliphatic imine (C=N–C) groups is 2. The van der Waals surface area contributed by atoms with Crippen LogP contribution in [0.3, 0.4) is 0 Å². The molecule has 8 nitrogen and oxygen atoms in total. The SMILES string of the molecule is Cc1c(N=Cc2cccc(Cl)c2)c(=O)n(-c2ccccc2)n1C.Cc1c(N=Cc2cccc(Cl)c2)c(=O)n(-c2ccccc2)n1C. The van der Waals surface area contributed by atoms with Crippen molar-refractivity contribution < 1.29 is 0 Å². The molecule has 0 aliphatic carbocycles. The van der Waals surface area contributed by atoms with E-state index in [4.69, 9.17) is 23.2 Å². The molecule has 0 aliphatic heterocycles. The highest BCUT2D eigenvalue weighted by Crippen LogP contribution is 2.19. The van der Waals surface area contributed by atoms with Crippen molar-refractivity contribution in [1.82, 2.24) is 18.7 Å². The Morgan fingerprint density at radius 1 is 0.543 bits per heavy atom. The predicted molar refractivity (Wildman–Crippen MR) is 189 cm³/mol. The first kappa shape index (κ1) is 32.2. The molecule has 2 heterocycles. The lowest BCUT2D eigenvalue weighted by atomic mass is 10.2. The number of hydrogen-bond acceptors (Lipinski definition) is 4. The topological polar surface area (TPSA) is 78.6 Å². The van der Waals surface area contributed by atoms with Crippen molar-refractivity contribution in [2.45, 2.75) is 13.8 Å². The molecule has 2 aromatic heterocycles. The van der Waals surface area contributed by atoms with Gasteiger partial charge in [0.15, 0.2) is 11.4 Å². The Kier molecular flexibility index (Phi) is 10.0.